The normalized spacial score (nSPS) is 8.90. The summed E-state index contributed by atoms with van der Waals surface area (Å²) in [4.78, 5) is 20.2. The molecule has 58 valence electrons. The third kappa shape index (κ3) is 5.28. The van der Waals surface area contributed by atoms with Gasteiger partial charge in [0.25, 0.3) is 0 Å². The number of carbonyl (C=O) groups excluding carboxylic acids is 2. The maximum Gasteiger partial charge on any atom is 0.313 e. The Hall–Kier alpha value is -0.860. The average molecular weight is 144 g/mol. The van der Waals surface area contributed by atoms with Gasteiger partial charge in [0.05, 0.1) is 6.61 Å². The van der Waals surface area contributed by atoms with Crippen LogP contribution in [0.2, 0.25) is 0 Å². The minimum absolute atomic E-state index is 0.121. The Morgan fingerprint density at radius 1 is 1.60 bits per heavy atom. The van der Waals surface area contributed by atoms with E-state index in [-0.39, 0.29) is 6.42 Å². The van der Waals surface area contributed by atoms with Gasteiger partial charge in [0, 0.05) is 0 Å². The first-order valence-electron chi connectivity index (χ1n) is 3.40. The van der Waals surface area contributed by atoms with E-state index in [9.17, 15) is 9.59 Å². The minimum Gasteiger partial charge on any atom is -0.465 e. The Labute approximate surface area is 60.4 Å². The van der Waals surface area contributed by atoms with Crippen molar-refractivity contribution in [2.24, 2.45) is 0 Å². The van der Waals surface area contributed by atoms with Gasteiger partial charge in [0.1, 0.15) is 12.7 Å². The Balaban J connectivity index is 3.13. The molecule has 0 aliphatic rings. The molecule has 0 spiro atoms. The first kappa shape index (κ1) is 9.14. The van der Waals surface area contributed by atoms with Gasteiger partial charge in [-0.3, -0.25) is 4.79 Å². The molecule has 0 aromatic heterocycles. The van der Waals surface area contributed by atoms with E-state index >= 15 is 0 Å². The van der Waals surface area contributed by atoms with Crippen LogP contribution in [0.1, 0.15) is 26.2 Å². The minimum atomic E-state index is -0.427. The maximum absolute atomic E-state index is 10.5. The molecule has 0 unspecified atom stereocenters. The van der Waals surface area contributed by atoms with Crippen molar-refractivity contribution in [3.05, 3.63) is 0 Å². The molecule has 0 heterocycles. The lowest BCUT2D eigenvalue weighted by Gasteiger charge is -1.98. The average Bonchev–Trinajstić information content (AvgIpc) is 1.89. The molecule has 0 aromatic rings. The number of hydrogen-bond donors (Lipinski definition) is 0. The fourth-order valence-electron chi connectivity index (χ4n) is 0.457. The van der Waals surface area contributed by atoms with Crippen molar-refractivity contribution in [3.63, 3.8) is 0 Å². The van der Waals surface area contributed by atoms with E-state index in [0.29, 0.717) is 12.9 Å². The lowest BCUT2D eigenvalue weighted by Crippen LogP contribution is -2.05. The fraction of sp³-hybridized carbons (Fsp3) is 0.714. The van der Waals surface area contributed by atoms with Crippen LogP contribution >= 0.6 is 0 Å². The highest BCUT2D eigenvalue weighted by Gasteiger charge is 1.98. The molecule has 0 aromatic carbocycles. The fourth-order valence-corrected chi connectivity index (χ4v) is 0.457. The van der Waals surface area contributed by atoms with Crippen molar-refractivity contribution in [2.75, 3.05) is 6.61 Å². The van der Waals surface area contributed by atoms with E-state index in [2.05, 4.69) is 4.74 Å². The number of hydrogen-bond acceptors (Lipinski definition) is 3. The van der Waals surface area contributed by atoms with Crippen molar-refractivity contribution in [1.29, 1.82) is 0 Å². The smallest absolute Gasteiger partial charge is 0.313 e. The highest BCUT2D eigenvalue weighted by atomic mass is 16.5. The molecule has 0 bridgehead atoms. The third-order valence-corrected chi connectivity index (χ3v) is 1.01. The number of rotatable bonds is 5. The van der Waals surface area contributed by atoms with Gasteiger partial charge in [0.2, 0.25) is 0 Å². The molecule has 0 rings (SSSR count). The Morgan fingerprint density at radius 2 is 2.30 bits per heavy atom. The molecule has 0 atom stereocenters. The number of carbonyl (C=O) groups is 2. The molecule has 0 amide bonds. The topological polar surface area (TPSA) is 43.4 Å². The Morgan fingerprint density at radius 3 is 2.80 bits per heavy atom. The summed E-state index contributed by atoms with van der Waals surface area (Å²) < 4.78 is 4.65. The quantitative estimate of drug-likeness (QED) is 0.249. The first-order chi connectivity index (χ1) is 4.81. The molecular formula is C7H12O3. The van der Waals surface area contributed by atoms with Crippen LogP contribution in [0.4, 0.5) is 0 Å². The second-order valence-corrected chi connectivity index (χ2v) is 1.94. The van der Waals surface area contributed by atoms with Gasteiger partial charge in [-0.15, -0.1) is 0 Å². The number of ether oxygens (including phenoxy) is 1. The third-order valence-electron chi connectivity index (χ3n) is 1.01. The van der Waals surface area contributed by atoms with Crippen LogP contribution in [-0.2, 0) is 14.3 Å². The van der Waals surface area contributed by atoms with Gasteiger partial charge < -0.3 is 9.53 Å². The second kappa shape index (κ2) is 6.26. The molecule has 0 aliphatic heterocycles. The summed E-state index contributed by atoms with van der Waals surface area (Å²) in [5.74, 6) is -0.427. The number of unbranched alkanes of at least 4 members (excludes halogenated alkanes) is 1. The number of aldehydes is 1. The summed E-state index contributed by atoms with van der Waals surface area (Å²) >= 11 is 0. The molecule has 0 saturated heterocycles. The van der Waals surface area contributed by atoms with E-state index in [1.165, 1.54) is 0 Å². The van der Waals surface area contributed by atoms with E-state index in [4.69, 9.17) is 0 Å². The van der Waals surface area contributed by atoms with Gasteiger partial charge in [-0.05, 0) is 6.42 Å². The predicted octanol–water partition coefficient (Wildman–Crippen LogP) is 0.919. The lowest BCUT2D eigenvalue weighted by atomic mass is 10.4. The zero-order valence-corrected chi connectivity index (χ0v) is 6.13. The van der Waals surface area contributed by atoms with E-state index in [1.54, 1.807) is 0 Å². The molecule has 0 saturated carbocycles. The van der Waals surface area contributed by atoms with Gasteiger partial charge in [-0.25, -0.2) is 0 Å². The Bertz CT molecular complexity index is 109. The highest BCUT2D eigenvalue weighted by molar-refractivity contribution is 5.83. The van der Waals surface area contributed by atoms with Crippen molar-refractivity contribution >= 4 is 12.3 Å². The monoisotopic (exact) mass is 144 g/mol. The summed E-state index contributed by atoms with van der Waals surface area (Å²) in [6.07, 6.45) is 2.29. The van der Waals surface area contributed by atoms with Crippen LogP contribution in [0.5, 0.6) is 0 Å². The van der Waals surface area contributed by atoms with Gasteiger partial charge in [0.15, 0.2) is 0 Å². The molecule has 0 aliphatic carbocycles. The van der Waals surface area contributed by atoms with E-state index in [1.807, 2.05) is 6.92 Å². The first-order valence-corrected chi connectivity index (χ1v) is 3.40. The molecule has 0 N–H and O–H groups in total. The zero-order valence-electron chi connectivity index (χ0n) is 6.13. The van der Waals surface area contributed by atoms with Crippen LogP contribution in [0.3, 0.4) is 0 Å². The van der Waals surface area contributed by atoms with Crippen LogP contribution in [-0.4, -0.2) is 18.9 Å². The highest BCUT2D eigenvalue weighted by Crippen LogP contribution is 1.89. The molecular weight excluding hydrogens is 132 g/mol. The lowest BCUT2D eigenvalue weighted by molar-refractivity contribution is -0.144. The maximum atomic E-state index is 10.5. The van der Waals surface area contributed by atoms with Crippen LogP contribution in [0.15, 0.2) is 0 Å². The van der Waals surface area contributed by atoms with Crippen molar-refractivity contribution in [1.82, 2.24) is 0 Å². The molecule has 0 radical (unpaired) electrons. The van der Waals surface area contributed by atoms with E-state index in [0.717, 1.165) is 12.8 Å². The predicted molar refractivity (Wildman–Crippen MR) is 36.5 cm³/mol. The van der Waals surface area contributed by atoms with Crippen LogP contribution in [0, 0.1) is 0 Å². The summed E-state index contributed by atoms with van der Waals surface area (Å²) in [6, 6.07) is 0. The van der Waals surface area contributed by atoms with Gasteiger partial charge in [-0.1, -0.05) is 13.3 Å². The zero-order chi connectivity index (χ0) is 7.82. The molecule has 10 heavy (non-hydrogen) atoms. The van der Waals surface area contributed by atoms with Gasteiger partial charge >= 0.3 is 5.97 Å². The molecule has 0 fully saturated rings. The molecule has 3 nitrogen and oxygen atoms in total. The summed E-state index contributed by atoms with van der Waals surface area (Å²) in [7, 11) is 0. The van der Waals surface area contributed by atoms with Crippen molar-refractivity contribution in [3.8, 4) is 0 Å². The van der Waals surface area contributed by atoms with Crippen LogP contribution in [0.25, 0.3) is 0 Å². The number of esters is 1. The summed E-state index contributed by atoms with van der Waals surface area (Å²) in [6.45, 7) is 2.44. The summed E-state index contributed by atoms with van der Waals surface area (Å²) in [5, 5.41) is 0. The van der Waals surface area contributed by atoms with Crippen molar-refractivity contribution < 1.29 is 14.3 Å². The Kier molecular flexibility index (Phi) is 5.72. The largest absolute Gasteiger partial charge is 0.465 e. The second-order valence-electron chi connectivity index (χ2n) is 1.94. The van der Waals surface area contributed by atoms with E-state index < -0.39 is 5.97 Å². The molecule has 3 heteroatoms. The van der Waals surface area contributed by atoms with Gasteiger partial charge in [-0.2, -0.15) is 0 Å². The van der Waals surface area contributed by atoms with Crippen LogP contribution < -0.4 is 0 Å². The SMILES string of the molecule is CCCCOC(=O)CC=O. The summed E-state index contributed by atoms with van der Waals surface area (Å²) in [5.41, 5.74) is 0. The van der Waals surface area contributed by atoms with Crippen molar-refractivity contribution in [2.45, 2.75) is 26.2 Å². The standard InChI is InChI=1S/C7H12O3/c1-2-3-6-10-7(9)4-5-8/h5H,2-4,6H2,1H3.